The minimum Gasteiger partial charge on any atom is -0.384 e. The Balaban J connectivity index is 1.93. The van der Waals surface area contributed by atoms with Crippen molar-refractivity contribution < 1.29 is 9.13 Å². The average molecular weight is 302 g/mol. The van der Waals surface area contributed by atoms with E-state index in [2.05, 4.69) is 20.8 Å². The molecule has 0 radical (unpaired) electrons. The molecule has 1 atom stereocenters. The van der Waals surface area contributed by atoms with Gasteiger partial charge in [0.1, 0.15) is 5.82 Å². The van der Waals surface area contributed by atoms with E-state index in [1.165, 1.54) is 18.6 Å². The van der Waals surface area contributed by atoms with Crippen LogP contribution in [-0.2, 0) is 11.3 Å². The van der Waals surface area contributed by atoms with Gasteiger partial charge in [-0.25, -0.2) is 4.39 Å². The molecule has 1 fully saturated rings. The molecule has 1 aliphatic heterocycles. The lowest BCUT2D eigenvalue weighted by molar-refractivity contribution is 0.152. The van der Waals surface area contributed by atoms with Gasteiger partial charge in [0.25, 0.3) is 0 Å². The monoisotopic (exact) mass is 301 g/mol. The maximum absolute atomic E-state index is 13.0. The Morgan fingerprint density at radius 3 is 3.06 bits per heavy atom. The molecule has 1 unspecified atom stereocenters. The highest BCUT2D eigenvalue weighted by molar-refractivity contribution is 9.10. The summed E-state index contributed by atoms with van der Waals surface area (Å²) in [6, 6.07) is 4.89. The summed E-state index contributed by atoms with van der Waals surface area (Å²) in [4.78, 5) is 2.39. The van der Waals surface area contributed by atoms with Crippen LogP contribution in [0.3, 0.4) is 0 Å². The Morgan fingerprint density at radius 2 is 2.35 bits per heavy atom. The Kier molecular flexibility index (Phi) is 4.54. The third-order valence-corrected chi connectivity index (χ3v) is 3.92. The molecule has 1 saturated heterocycles. The first kappa shape index (κ1) is 13.0. The van der Waals surface area contributed by atoms with Gasteiger partial charge in [-0.1, -0.05) is 22.0 Å². The molecule has 0 aliphatic carbocycles. The van der Waals surface area contributed by atoms with Gasteiger partial charge in [0, 0.05) is 24.7 Å². The first-order valence-corrected chi connectivity index (χ1v) is 6.63. The van der Waals surface area contributed by atoms with Crippen LogP contribution in [0.4, 0.5) is 4.39 Å². The van der Waals surface area contributed by atoms with Crippen LogP contribution in [0.5, 0.6) is 0 Å². The van der Waals surface area contributed by atoms with Gasteiger partial charge in [-0.15, -0.1) is 0 Å². The van der Waals surface area contributed by atoms with Crippen LogP contribution in [0.2, 0.25) is 0 Å². The lowest BCUT2D eigenvalue weighted by Crippen LogP contribution is -2.21. The van der Waals surface area contributed by atoms with Crippen LogP contribution in [-0.4, -0.2) is 31.7 Å². The molecular formula is C13H17BrFNO. The molecule has 2 nitrogen and oxygen atoms in total. The van der Waals surface area contributed by atoms with E-state index < -0.39 is 0 Å². The summed E-state index contributed by atoms with van der Waals surface area (Å²) >= 11 is 3.41. The van der Waals surface area contributed by atoms with Crippen LogP contribution in [0, 0.1) is 11.7 Å². The van der Waals surface area contributed by atoms with E-state index in [0.29, 0.717) is 5.92 Å². The highest BCUT2D eigenvalue weighted by Gasteiger charge is 2.22. The van der Waals surface area contributed by atoms with Crippen LogP contribution >= 0.6 is 15.9 Å². The zero-order valence-corrected chi connectivity index (χ0v) is 11.5. The molecule has 2 rings (SSSR count). The number of likely N-dealkylation sites (tertiary alicyclic amines) is 1. The van der Waals surface area contributed by atoms with E-state index in [9.17, 15) is 4.39 Å². The third kappa shape index (κ3) is 3.50. The molecular weight excluding hydrogens is 285 g/mol. The Morgan fingerprint density at radius 1 is 1.53 bits per heavy atom. The minimum atomic E-state index is -0.195. The van der Waals surface area contributed by atoms with Gasteiger partial charge in [-0.3, -0.25) is 4.90 Å². The fraction of sp³-hybridized carbons (Fsp3) is 0.538. The molecule has 94 valence electrons. The summed E-state index contributed by atoms with van der Waals surface area (Å²) in [5.74, 6) is 0.443. The van der Waals surface area contributed by atoms with Gasteiger partial charge >= 0.3 is 0 Å². The number of hydrogen-bond acceptors (Lipinski definition) is 2. The van der Waals surface area contributed by atoms with Crippen molar-refractivity contribution in [2.24, 2.45) is 5.92 Å². The predicted molar refractivity (Wildman–Crippen MR) is 69.4 cm³/mol. The lowest BCUT2D eigenvalue weighted by atomic mass is 10.1. The second-order valence-electron chi connectivity index (χ2n) is 4.58. The van der Waals surface area contributed by atoms with Gasteiger partial charge in [0.05, 0.1) is 6.61 Å². The van der Waals surface area contributed by atoms with Crippen molar-refractivity contribution in [2.75, 3.05) is 26.8 Å². The second kappa shape index (κ2) is 5.94. The van der Waals surface area contributed by atoms with Crippen molar-refractivity contribution in [3.63, 3.8) is 0 Å². The van der Waals surface area contributed by atoms with Crippen molar-refractivity contribution in [1.29, 1.82) is 0 Å². The van der Waals surface area contributed by atoms with E-state index in [-0.39, 0.29) is 5.82 Å². The topological polar surface area (TPSA) is 12.5 Å². The maximum Gasteiger partial charge on any atom is 0.124 e. The number of hydrogen-bond donors (Lipinski definition) is 0. The number of benzene rings is 1. The molecule has 1 aromatic carbocycles. The van der Waals surface area contributed by atoms with Crippen molar-refractivity contribution in [2.45, 2.75) is 13.0 Å². The third-order valence-electron chi connectivity index (χ3n) is 3.18. The van der Waals surface area contributed by atoms with Crippen LogP contribution < -0.4 is 0 Å². The number of halogens is 2. The number of methoxy groups -OCH3 is 1. The lowest BCUT2D eigenvalue weighted by Gasteiger charge is -2.16. The minimum absolute atomic E-state index is 0.195. The van der Waals surface area contributed by atoms with Gasteiger partial charge in [0.15, 0.2) is 0 Å². The standard InChI is InChI=1S/C13H17BrFNO/c1-17-9-10-4-5-16(7-10)8-11-2-3-12(15)6-13(11)14/h2-3,6,10H,4-5,7-9H2,1H3. The molecule has 0 amide bonds. The maximum atomic E-state index is 13.0. The number of ether oxygens (including phenoxy) is 1. The van der Waals surface area contributed by atoms with E-state index in [1.807, 2.05) is 6.07 Å². The van der Waals surface area contributed by atoms with E-state index in [1.54, 1.807) is 7.11 Å². The quantitative estimate of drug-likeness (QED) is 0.847. The molecule has 1 aliphatic rings. The highest BCUT2D eigenvalue weighted by atomic mass is 79.9. The zero-order chi connectivity index (χ0) is 12.3. The summed E-state index contributed by atoms with van der Waals surface area (Å²) in [6.45, 7) is 3.87. The SMILES string of the molecule is COCC1CCN(Cc2ccc(F)cc2Br)C1. The summed E-state index contributed by atoms with van der Waals surface area (Å²) < 4.78 is 19.0. The molecule has 0 N–H and O–H groups in total. The van der Waals surface area contributed by atoms with Crippen LogP contribution in [0.25, 0.3) is 0 Å². The molecule has 0 saturated carbocycles. The first-order valence-electron chi connectivity index (χ1n) is 5.84. The van der Waals surface area contributed by atoms with Gasteiger partial charge in [-0.2, -0.15) is 0 Å². The largest absolute Gasteiger partial charge is 0.384 e. The van der Waals surface area contributed by atoms with Crippen molar-refractivity contribution >= 4 is 15.9 Å². The van der Waals surface area contributed by atoms with Crippen LogP contribution in [0.15, 0.2) is 22.7 Å². The molecule has 1 aromatic rings. The van der Waals surface area contributed by atoms with E-state index in [4.69, 9.17) is 4.74 Å². The Labute approximate surface area is 110 Å². The molecule has 4 heteroatoms. The van der Waals surface area contributed by atoms with Gasteiger partial charge in [-0.05, 0) is 36.6 Å². The number of rotatable bonds is 4. The summed E-state index contributed by atoms with van der Waals surface area (Å²) in [5.41, 5.74) is 1.14. The van der Waals surface area contributed by atoms with Gasteiger partial charge in [0.2, 0.25) is 0 Å². The normalized spacial score (nSPS) is 21.0. The average Bonchev–Trinajstić information content (AvgIpc) is 2.71. The fourth-order valence-electron chi connectivity index (χ4n) is 2.32. The Hall–Kier alpha value is -0.450. The summed E-state index contributed by atoms with van der Waals surface area (Å²) in [5, 5.41) is 0. The summed E-state index contributed by atoms with van der Waals surface area (Å²) in [6.07, 6.45) is 1.19. The molecule has 1 heterocycles. The number of nitrogens with zero attached hydrogens (tertiary/aromatic N) is 1. The van der Waals surface area contributed by atoms with Crippen molar-refractivity contribution in [3.05, 3.63) is 34.1 Å². The predicted octanol–water partition coefficient (Wildman–Crippen LogP) is 3.06. The van der Waals surface area contributed by atoms with Crippen molar-refractivity contribution in [1.82, 2.24) is 4.90 Å². The molecule has 0 spiro atoms. The van der Waals surface area contributed by atoms with Crippen molar-refractivity contribution in [3.8, 4) is 0 Å². The smallest absolute Gasteiger partial charge is 0.124 e. The van der Waals surface area contributed by atoms with Gasteiger partial charge < -0.3 is 4.74 Å². The van der Waals surface area contributed by atoms with E-state index in [0.717, 1.165) is 36.3 Å². The Bertz CT molecular complexity index is 386. The molecule has 0 aromatic heterocycles. The van der Waals surface area contributed by atoms with E-state index >= 15 is 0 Å². The highest BCUT2D eigenvalue weighted by Crippen LogP contribution is 2.23. The molecule has 0 bridgehead atoms. The van der Waals surface area contributed by atoms with Crippen LogP contribution in [0.1, 0.15) is 12.0 Å². The second-order valence-corrected chi connectivity index (χ2v) is 5.44. The zero-order valence-electron chi connectivity index (χ0n) is 9.96. The summed E-state index contributed by atoms with van der Waals surface area (Å²) in [7, 11) is 1.75. The molecule has 17 heavy (non-hydrogen) atoms. The first-order chi connectivity index (χ1) is 8.19. The fourth-order valence-corrected chi connectivity index (χ4v) is 2.80.